The van der Waals surface area contributed by atoms with Crippen molar-refractivity contribution in [3.8, 4) is 11.1 Å². The summed E-state index contributed by atoms with van der Waals surface area (Å²) in [7, 11) is 1.60. The Kier molecular flexibility index (Phi) is 7.12. The van der Waals surface area contributed by atoms with Crippen LogP contribution in [0.15, 0.2) is 54.7 Å². The molecule has 1 fully saturated rings. The summed E-state index contributed by atoms with van der Waals surface area (Å²) < 4.78 is 39.8. The van der Waals surface area contributed by atoms with Gasteiger partial charge in [0.15, 0.2) is 0 Å². The van der Waals surface area contributed by atoms with Crippen LogP contribution < -0.4 is 10.2 Å². The van der Waals surface area contributed by atoms with Gasteiger partial charge in [0.25, 0.3) is 5.91 Å². The maximum Gasteiger partial charge on any atom is 0.416 e. The molecule has 1 aliphatic heterocycles. The predicted molar refractivity (Wildman–Crippen MR) is 131 cm³/mol. The number of nitrogens with zero attached hydrogens (tertiary/aromatic N) is 3. The number of pyridine rings is 1. The van der Waals surface area contributed by atoms with Gasteiger partial charge in [-0.25, -0.2) is 4.98 Å². The van der Waals surface area contributed by atoms with E-state index in [9.17, 15) is 18.0 Å². The first kappa shape index (κ1) is 24.7. The lowest BCUT2D eigenvalue weighted by Crippen LogP contribution is -2.44. The second-order valence-corrected chi connectivity index (χ2v) is 9.01. The normalized spacial score (nSPS) is 14.2. The average molecular weight is 483 g/mol. The lowest BCUT2D eigenvalue weighted by molar-refractivity contribution is -0.137. The first-order chi connectivity index (χ1) is 16.6. The Morgan fingerprint density at radius 3 is 2.46 bits per heavy atom. The summed E-state index contributed by atoms with van der Waals surface area (Å²) in [6, 6.07) is 13.7. The zero-order valence-corrected chi connectivity index (χ0v) is 20.1. The van der Waals surface area contributed by atoms with Crippen molar-refractivity contribution in [3.63, 3.8) is 0 Å². The molecule has 1 N–H and O–H groups in total. The second kappa shape index (κ2) is 10.1. The third kappa shape index (κ3) is 5.65. The second-order valence-electron chi connectivity index (χ2n) is 9.01. The summed E-state index contributed by atoms with van der Waals surface area (Å²) in [5.74, 6) is 0.509. The molecule has 1 amide bonds. The third-order valence-corrected chi connectivity index (χ3v) is 6.23. The molecule has 2 heterocycles. The fourth-order valence-corrected chi connectivity index (χ4v) is 4.45. The van der Waals surface area contributed by atoms with Crippen molar-refractivity contribution in [3.05, 3.63) is 82.5 Å². The number of halogens is 3. The van der Waals surface area contributed by atoms with Crippen LogP contribution in [0.3, 0.4) is 0 Å². The third-order valence-electron chi connectivity index (χ3n) is 6.23. The highest BCUT2D eigenvalue weighted by atomic mass is 19.4. The van der Waals surface area contributed by atoms with E-state index in [2.05, 4.69) is 15.2 Å². The number of rotatable bonds is 5. The Hall–Kier alpha value is -3.39. The lowest BCUT2D eigenvalue weighted by Gasteiger charge is -2.29. The zero-order valence-electron chi connectivity index (χ0n) is 20.1. The van der Waals surface area contributed by atoms with E-state index in [0.29, 0.717) is 16.7 Å². The summed E-state index contributed by atoms with van der Waals surface area (Å²) >= 11 is 0. The van der Waals surface area contributed by atoms with Crippen molar-refractivity contribution in [2.75, 3.05) is 38.1 Å². The quantitative estimate of drug-likeness (QED) is 0.552. The Morgan fingerprint density at radius 1 is 1.06 bits per heavy atom. The number of anilines is 1. The molecule has 5 nitrogen and oxygen atoms in total. The van der Waals surface area contributed by atoms with Gasteiger partial charge in [-0.2, -0.15) is 13.2 Å². The van der Waals surface area contributed by atoms with Crippen molar-refractivity contribution >= 4 is 11.7 Å². The molecule has 0 atom stereocenters. The van der Waals surface area contributed by atoms with Gasteiger partial charge >= 0.3 is 6.18 Å². The van der Waals surface area contributed by atoms with E-state index in [4.69, 9.17) is 0 Å². The van der Waals surface area contributed by atoms with Crippen LogP contribution >= 0.6 is 0 Å². The molecule has 0 spiro atoms. The number of piperazine rings is 1. The molecular weight excluding hydrogens is 453 g/mol. The molecule has 2 aromatic carbocycles. The summed E-state index contributed by atoms with van der Waals surface area (Å²) in [4.78, 5) is 21.8. The van der Waals surface area contributed by atoms with Gasteiger partial charge in [0.05, 0.1) is 11.1 Å². The van der Waals surface area contributed by atoms with Crippen LogP contribution in [-0.2, 0) is 12.7 Å². The zero-order chi connectivity index (χ0) is 25.2. The fraction of sp³-hybridized carbons (Fsp3) is 0.333. The number of hydrogen-bond donors (Lipinski definition) is 1. The number of carbonyl (C=O) groups excluding carboxylic acids is 1. The molecule has 0 bridgehead atoms. The highest BCUT2D eigenvalue weighted by Crippen LogP contribution is 2.32. The van der Waals surface area contributed by atoms with E-state index in [0.717, 1.165) is 60.8 Å². The topological polar surface area (TPSA) is 48.5 Å². The monoisotopic (exact) mass is 482 g/mol. The molecule has 0 aliphatic carbocycles. The number of carbonyl (C=O) groups is 1. The van der Waals surface area contributed by atoms with E-state index in [-0.39, 0.29) is 12.5 Å². The van der Waals surface area contributed by atoms with E-state index in [1.807, 2.05) is 37.3 Å². The SMILES string of the molecule is Cc1cc(CN(C)C(=O)c2cnc(N3CCNCC3)cc2-c2ccccc2C)cc(C(F)(F)F)c1. The number of benzene rings is 2. The molecule has 3 aromatic rings. The minimum absolute atomic E-state index is 0.0519. The molecule has 0 radical (unpaired) electrons. The van der Waals surface area contributed by atoms with Gasteiger partial charge < -0.3 is 15.1 Å². The van der Waals surface area contributed by atoms with Gasteiger partial charge in [0.2, 0.25) is 0 Å². The summed E-state index contributed by atoms with van der Waals surface area (Å²) in [6.45, 7) is 7.03. The van der Waals surface area contributed by atoms with Gasteiger partial charge in [-0.05, 0) is 54.3 Å². The molecule has 35 heavy (non-hydrogen) atoms. The van der Waals surface area contributed by atoms with Gasteiger partial charge in [-0.1, -0.05) is 35.9 Å². The Balaban J connectivity index is 1.68. The maximum absolute atomic E-state index is 13.5. The van der Waals surface area contributed by atoms with Crippen molar-refractivity contribution in [1.82, 2.24) is 15.2 Å². The molecule has 1 aromatic heterocycles. The largest absolute Gasteiger partial charge is 0.416 e. The number of aryl methyl sites for hydroxylation is 2. The maximum atomic E-state index is 13.5. The molecule has 8 heteroatoms. The molecule has 0 unspecified atom stereocenters. The summed E-state index contributed by atoms with van der Waals surface area (Å²) in [6.07, 6.45) is -2.85. The van der Waals surface area contributed by atoms with E-state index in [1.54, 1.807) is 26.2 Å². The van der Waals surface area contributed by atoms with Crippen molar-refractivity contribution < 1.29 is 18.0 Å². The van der Waals surface area contributed by atoms with Gasteiger partial charge in [0.1, 0.15) is 5.82 Å². The number of nitrogens with one attached hydrogen (secondary N) is 1. The number of alkyl halides is 3. The summed E-state index contributed by atoms with van der Waals surface area (Å²) in [5.41, 5.74) is 3.35. The van der Waals surface area contributed by atoms with E-state index >= 15 is 0 Å². The first-order valence-corrected chi connectivity index (χ1v) is 11.6. The van der Waals surface area contributed by atoms with Gasteiger partial charge in [-0.3, -0.25) is 4.79 Å². The van der Waals surface area contributed by atoms with Crippen molar-refractivity contribution in [2.24, 2.45) is 0 Å². The number of hydrogen-bond acceptors (Lipinski definition) is 4. The van der Waals surface area contributed by atoms with Crippen LogP contribution in [-0.4, -0.2) is 49.0 Å². The van der Waals surface area contributed by atoms with Gasteiger partial charge in [0, 0.05) is 46.0 Å². The highest BCUT2D eigenvalue weighted by molar-refractivity contribution is 6.01. The van der Waals surface area contributed by atoms with Crippen LogP contribution in [0.1, 0.15) is 32.6 Å². The smallest absolute Gasteiger partial charge is 0.354 e. The van der Waals surface area contributed by atoms with Crippen LogP contribution in [0, 0.1) is 13.8 Å². The minimum Gasteiger partial charge on any atom is -0.354 e. The molecule has 4 rings (SSSR count). The van der Waals surface area contributed by atoms with E-state index < -0.39 is 11.7 Å². The Morgan fingerprint density at radius 2 is 1.77 bits per heavy atom. The number of aromatic nitrogens is 1. The Labute approximate surface area is 203 Å². The standard InChI is InChI=1S/C27H29F3N4O/c1-18-12-20(14-21(13-18)27(28,29)30)17-33(3)26(35)24-16-32-25(34-10-8-31-9-11-34)15-23(24)22-7-5-4-6-19(22)2/h4-7,12-16,31H,8-11,17H2,1-3H3. The molecule has 1 aliphatic rings. The van der Waals surface area contributed by atoms with Crippen LogP contribution in [0.25, 0.3) is 11.1 Å². The molecule has 1 saturated heterocycles. The Bertz CT molecular complexity index is 1220. The fourth-order valence-electron chi connectivity index (χ4n) is 4.45. The highest BCUT2D eigenvalue weighted by Gasteiger charge is 2.31. The molecular formula is C27H29F3N4O. The molecule has 184 valence electrons. The van der Waals surface area contributed by atoms with Crippen LogP contribution in [0.4, 0.5) is 19.0 Å². The lowest BCUT2D eigenvalue weighted by atomic mass is 9.96. The predicted octanol–water partition coefficient (Wildman–Crippen LogP) is 5.07. The van der Waals surface area contributed by atoms with Crippen molar-refractivity contribution in [1.29, 1.82) is 0 Å². The summed E-state index contributed by atoms with van der Waals surface area (Å²) in [5, 5.41) is 3.32. The van der Waals surface area contributed by atoms with Gasteiger partial charge in [-0.15, -0.1) is 0 Å². The van der Waals surface area contributed by atoms with E-state index in [1.165, 1.54) is 4.90 Å². The average Bonchev–Trinajstić information content (AvgIpc) is 2.83. The van der Waals surface area contributed by atoms with Crippen LogP contribution in [0.5, 0.6) is 0 Å². The number of amides is 1. The molecule has 0 saturated carbocycles. The van der Waals surface area contributed by atoms with Crippen LogP contribution in [0.2, 0.25) is 0 Å². The van der Waals surface area contributed by atoms with Crippen molar-refractivity contribution in [2.45, 2.75) is 26.6 Å². The first-order valence-electron chi connectivity index (χ1n) is 11.6. The minimum atomic E-state index is -4.44.